The number of rotatable bonds is 45. The number of carbonyl (C=O) groups excluding carboxylic acids is 6. The van der Waals surface area contributed by atoms with Crippen LogP contribution in [0.3, 0.4) is 0 Å². The van der Waals surface area contributed by atoms with E-state index in [0.717, 1.165) is 44.9 Å². The molecule has 0 aliphatic carbocycles. The number of ether oxygens (including phenoxy) is 9. The van der Waals surface area contributed by atoms with Crippen molar-refractivity contribution in [2.75, 3.05) is 26.4 Å². The van der Waals surface area contributed by atoms with Gasteiger partial charge in [-0.1, -0.05) is 216 Å². The van der Waals surface area contributed by atoms with Crippen LogP contribution in [0.25, 0.3) is 0 Å². The van der Waals surface area contributed by atoms with Gasteiger partial charge >= 0.3 is 29.8 Å². The molecule has 0 saturated carbocycles. The van der Waals surface area contributed by atoms with Gasteiger partial charge in [-0.15, -0.1) is 0 Å². The first kappa shape index (κ1) is 75.5. The van der Waals surface area contributed by atoms with Gasteiger partial charge in [0.1, 0.15) is 55.4 Å². The van der Waals surface area contributed by atoms with E-state index < -0.39 is 110 Å². The fraction of sp³-hybridized carbons (Fsp3) is 0.644. The molecule has 89 heavy (non-hydrogen) atoms. The topological polar surface area (TPSA) is 198 Å². The van der Waals surface area contributed by atoms with E-state index in [0.29, 0.717) is 18.4 Å². The second-order valence-corrected chi connectivity index (χ2v) is 25.5. The zero-order valence-electron chi connectivity index (χ0n) is 55.2. The van der Waals surface area contributed by atoms with Crippen molar-refractivity contribution < 1.29 is 71.4 Å². The maximum Gasteiger partial charge on any atom is 0.338 e. The quantitative estimate of drug-likeness (QED) is 0.0242. The molecule has 1 fully saturated rings. The van der Waals surface area contributed by atoms with Crippen LogP contribution in [0.5, 0.6) is 0 Å². The zero-order chi connectivity index (χ0) is 64.5. The molecule has 1 amide bonds. The second-order valence-electron chi connectivity index (χ2n) is 25.5. The highest BCUT2D eigenvalue weighted by Crippen LogP contribution is 2.32. The van der Waals surface area contributed by atoms with Crippen LogP contribution < -0.4 is 5.32 Å². The van der Waals surface area contributed by atoms with Crippen molar-refractivity contribution in [2.24, 2.45) is 0 Å². The molecule has 7 atom stereocenters. The molecule has 1 aliphatic heterocycles. The van der Waals surface area contributed by atoms with Crippen LogP contribution in [0, 0.1) is 0 Å². The maximum absolute atomic E-state index is 14.3. The number of hydrogen-bond acceptors (Lipinski definition) is 15. The van der Waals surface area contributed by atoms with Crippen molar-refractivity contribution in [3.05, 3.63) is 120 Å². The van der Waals surface area contributed by atoms with Crippen molar-refractivity contribution in [1.29, 1.82) is 0 Å². The van der Waals surface area contributed by atoms with Gasteiger partial charge < -0.3 is 47.9 Å². The average molecular weight is 1240 g/mol. The lowest BCUT2D eigenvalue weighted by atomic mass is 9.98. The van der Waals surface area contributed by atoms with Crippen molar-refractivity contribution in [3.8, 4) is 0 Å². The molecule has 1 heterocycles. The van der Waals surface area contributed by atoms with Crippen LogP contribution in [-0.4, -0.2) is 116 Å². The molecule has 496 valence electrons. The van der Waals surface area contributed by atoms with Crippen molar-refractivity contribution in [3.63, 3.8) is 0 Å². The molecule has 16 heteroatoms. The van der Waals surface area contributed by atoms with Crippen molar-refractivity contribution in [1.82, 2.24) is 5.32 Å². The highest BCUT2D eigenvalue weighted by Gasteiger charge is 2.52. The van der Waals surface area contributed by atoms with E-state index in [2.05, 4.69) is 19.2 Å². The molecule has 1 saturated heterocycles. The lowest BCUT2D eigenvalue weighted by Crippen LogP contribution is -2.63. The van der Waals surface area contributed by atoms with E-state index >= 15 is 0 Å². The van der Waals surface area contributed by atoms with Crippen LogP contribution in [0.1, 0.15) is 253 Å². The predicted molar refractivity (Wildman–Crippen MR) is 346 cm³/mol. The highest BCUT2D eigenvalue weighted by atomic mass is 16.7. The summed E-state index contributed by atoms with van der Waals surface area (Å²) in [6.45, 7) is 12.4. The Morgan fingerprint density at radius 2 is 0.910 bits per heavy atom. The minimum absolute atomic E-state index is 0.149. The smallest absolute Gasteiger partial charge is 0.338 e. The molecule has 3 aromatic rings. The molecule has 4 rings (SSSR count). The minimum atomic E-state index is -1.63. The summed E-state index contributed by atoms with van der Waals surface area (Å²) in [4.78, 5) is 83.4. The van der Waals surface area contributed by atoms with Crippen molar-refractivity contribution >= 4 is 35.8 Å². The van der Waals surface area contributed by atoms with Gasteiger partial charge in [0.15, 0.2) is 12.4 Å². The summed E-state index contributed by atoms with van der Waals surface area (Å²) in [6.07, 6.45) is 24.1. The second kappa shape index (κ2) is 43.7. The van der Waals surface area contributed by atoms with Crippen LogP contribution in [0.4, 0.5) is 0 Å². The normalized spacial score (nSPS) is 17.6. The van der Waals surface area contributed by atoms with Gasteiger partial charge in [0.2, 0.25) is 5.91 Å². The van der Waals surface area contributed by atoms with Gasteiger partial charge in [-0.3, -0.25) is 4.79 Å². The van der Waals surface area contributed by atoms with Gasteiger partial charge in [-0.05, 0) is 103 Å². The summed E-state index contributed by atoms with van der Waals surface area (Å²) in [5.41, 5.74) is -1.14. The Morgan fingerprint density at radius 3 is 1.37 bits per heavy atom. The lowest BCUT2D eigenvalue weighted by Gasteiger charge is -2.45. The summed E-state index contributed by atoms with van der Waals surface area (Å²) in [5, 5.41) is 3.14. The first-order valence-electron chi connectivity index (χ1n) is 33.5. The van der Waals surface area contributed by atoms with Gasteiger partial charge in [0.05, 0.1) is 29.3 Å². The number of unbranched alkanes of at least 4 members (excludes halogenated alkanes) is 23. The zero-order valence-corrected chi connectivity index (χ0v) is 55.2. The van der Waals surface area contributed by atoms with E-state index in [1.165, 1.54) is 103 Å². The minimum Gasteiger partial charge on any atom is -0.459 e. The van der Waals surface area contributed by atoms with E-state index in [9.17, 15) is 28.8 Å². The van der Waals surface area contributed by atoms with E-state index in [1.807, 2.05) is 6.08 Å². The Kier molecular flexibility index (Phi) is 37.1. The molecule has 0 aromatic heterocycles. The molecule has 0 unspecified atom stereocenters. The molecule has 0 spiro atoms. The van der Waals surface area contributed by atoms with E-state index in [-0.39, 0.29) is 23.5 Å². The summed E-state index contributed by atoms with van der Waals surface area (Å²) < 4.78 is 56.0. The monoisotopic (exact) mass is 1240 g/mol. The van der Waals surface area contributed by atoms with Gasteiger partial charge in [-0.25, -0.2) is 24.0 Å². The van der Waals surface area contributed by atoms with E-state index in [1.54, 1.807) is 139 Å². The molecular weight excluding hydrogens is 1130 g/mol. The molecule has 0 bridgehead atoms. The number of esters is 5. The first-order chi connectivity index (χ1) is 42.9. The fourth-order valence-corrected chi connectivity index (χ4v) is 10.5. The Morgan fingerprint density at radius 1 is 0.494 bits per heavy atom. The molecule has 1 N–H and O–H groups in total. The van der Waals surface area contributed by atoms with Crippen LogP contribution in [0.15, 0.2) is 103 Å². The summed E-state index contributed by atoms with van der Waals surface area (Å²) in [5.74, 6) is -4.00. The first-order valence-corrected chi connectivity index (χ1v) is 33.5. The number of amides is 1. The molecule has 0 radical (unpaired) electrons. The van der Waals surface area contributed by atoms with Crippen molar-refractivity contribution in [2.45, 2.75) is 276 Å². The number of nitrogens with one attached hydrogen (secondary N) is 1. The lowest BCUT2D eigenvalue weighted by molar-refractivity contribution is -0.313. The third kappa shape index (κ3) is 33.1. The average Bonchev–Trinajstić information content (AvgIpc) is 0.929. The molecule has 16 nitrogen and oxygen atoms in total. The van der Waals surface area contributed by atoms with E-state index in [4.69, 9.17) is 42.6 Å². The van der Waals surface area contributed by atoms with Crippen LogP contribution >= 0.6 is 0 Å². The Hall–Kier alpha value is -5.94. The number of benzene rings is 3. The van der Waals surface area contributed by atoms with Gasteiger partial charge in [0, 0.05) is 6.42 Å². The summed E-state index contributed by atoms with van der Waals surface area (Å²) in [7, 11) is 0. The summed E-state index contributed by atoms with van der Waals surface area (Å²) in [6, 6.07) is 24.0. The van der Waals surface area contributed by atoms with Crippen LogP contribution in [0.2, 0.25) is 0 Å². The number of allylic oxidation sites excluding steroid dienone is 1. The number of hydrogen-bond donors (Lipinski definition) is 1. The number of carbonyl (C=O) groups is 6. The largest absolute Gasteiger partial charge is 0.459 e. The molecule has 3 aromatic carbocycles. The van der Waals surface area contributed by atoms with Gasteiger partial charge in [-0.2, -0.15) is 0 Å². The predicted octanol–water partition coefficient (Wildman–Crippen LogP) is 15.7. The fourth-order valence-electron chi connectivity index (χ4n) is 10.5. The molecular formula is C73H109NO15. The Labute approximate surface area is 532 Å². The Bertz CT molecular complexity index is 2460. The van der Waals surface area contributed by atoms with Crippen LogP contribution in [-0.2, 0) is 57.0 Å². The van der Waals surface area contributed by atoms with Gasteiger partial charge in [0.25, 0.3) is 0 Å². The highest BCUT2D eigenvalue weighted by molar-refractivity contribution is 5.90. The molecule has 1 aliphatic rings. The summed E-state index contributed by atoms with van der Waals surface area (Å²) >= 11 is 0. The third-order valence-electron chi connectivity index (χ3n) is 15.1. The SMILES string of the molecule is CCCCCCCCCCCCC/C=C/[C@@H](OC(=O)c1ccccc1)[C@H](CO[C@H]1O[C@H](COC(=O)c2ccccc2)[C@H](OCC(=O)OC(C)(C)C)[C@H](OCC(=O)OC(C)(C)C)[C@H]1OC(=O)c1ccccc1)NC(=O)CCCCCCCCCCCCCCC. The standard InChI is InChI=1S/C73H109NO15/c1-9-11-13-15-17-19-21-23-25-27-29-31-42-50-60(85-69(79)57-46-38-34-39-47-57)59(74-62(75)51-43-32-30-28-26-24-22-20-18-16-14-12-10-2)52-84-71-67(87-70(80)58-48-40-35-41-49-58)66(82-55-64(77)89-73(6,7)8)65(81-54-63(76)88-72(3,4)5)61(86-71)53-83-68(78)56-44-36-33-37-45-56/h33-42,44-50,59-61,65-67,71H,9-32,43,51-55H2,1-8H3,(H,74,75)/b50-42+/t59-,60+,61+,65-,66-,67+,71-/m0/s1. The maximum atomic E-state index is 14.3. The third-order valence-corrected chi connectivity index (χ3v) is 15.1. The Balaban J connectivity index is 1.72.